The quantitative estimate of drug-likeness (QED) is 0.464. The van der Waals surface area contributed by atoms with E-state index in [4.69, 9.17) is 16.2 Å². The molecule has 1 heterocycles. The lowest BCUT2D eigenvalue weighted by Gasteiger charge is -2.23. The monoisotopic (exact) mass is 254 g/mol. The maximum absolute atomic E-state index is 10.9. The molecule has 6 nitrogen and oxygen atoms in total. The summed E-state index contributed by atoms with van der Waals surface area (Å²) in [5.41, 5.74) is 11.0. The van der Waals surface area contributed by atoms with Gasteiger partial charge in [0.15, 0.2) is 5.96 Å². The Morgan fingerprint density at radius 2 is 2.06 bits per heavy atom. The highest BCUT2D eigenvalue weighted by molar-refractivity contribution is 5.79. The van der Waals surface area contributed by atoms with Crippen molar-refractivity contribution in [3.63, 3.8) is 0 Å². The largest absolute Gasteiger partial charge is 0.370 e. The molecule has 1 aliphatic heterocycles. The van der Waals surface area contributed by atoms with E-state index in [0.717, 1.165) is 13.0 Å². The molecule has 2 unspecified atom stereocenters. The average Bonchev–Trinajstić information content (AvgIpc) is 2.73. The number of primary amides is 1. The normalized spacial score (nSPS) is 29.0. The lowest BCUT2D eigenvalue weighted by Crippen LogP contribution is -2.38. The molecule has 0 aromatic carbocycles. The fourth-order valence-corrected chi connectivity index (χ4v) is 2.24. The molecule has 1 saturated heterocycles. The summed E-state index contributed by atoms with van der Waals surface area (Å²) in [6.07, 6.45) is 4.94. The van der Waals surface area contributed by atoms with Crippen LogP contribution in [0.5, 0.6) is 0 Å². The molecule has 0 spiro atoms. The van der Waals surface area contributed by atoms with Gasteiger partial charge in [-0.1, -0.05) is 6.42 Å². The summed E-state index contributed by atoms with van der Waals surface area (Å²) in [5.74, 6) is 0.796. The first-order valence-corrected chi connectivity index (χ1v) is 6.63. The van der Waals surface area contributed by atoms with Crippen LogP contribution < -0.4 is 16.8 Å². The van der Waals surface area contributed by atoms with Crippen LogP contribution in [-0.4, -0.2) is 37.2 Å². The molecule has 1 aliphatic carbocycles. The number of nitrogens with zero attached hydrogens (tertiary/aromatic N) is 1. The van der Waals surface area contributed by atoms with Gasteiger partial charge in [-0.15, -0.1) is 0 Å². The first kappa shape index (κ1) is 13.1. The van der Waals surface area contributed by atoms with Gasteiger partial charge in [0.1, 0.15) is 6.10 Å². The van der Waals surface area contributed by atoms with Gasteiger partial charge >= 0.3 is 0 Å². The summed E-state index contributed by atoms with van der Waals surface area (Å²) in [6, 6.07) is 0. The van der Waals surface area contributed by atoms with Crippen LogP contribution in [0.2, 0.25) is 0 Å². The number of rotatable bonds is 5. The minimum absolute atomic E-state index is 0.0000437. The molecule has 2 rings (SSSR count). The van der Waals surface area contributed by atoms with E-state index in [9.17, 15) is 4.79 Å². The Bertz CT molecular complexity index is 328. The highest BCUT2D eigenvalue weighted by atomic mass is 16.5. The van der Waals surface area contributed by atoms with Crippen molar-refractivity contribution in [1.82, 2.24) is 5.32 Å². The summed E-state index contributed by atoms with van der Waals surface area (Å²) in [6.45, 7) is 1.40. The Hall–Kier alpha value is -1.30. The van der Waals surface area contributed by atoms with Gasteiger partial charge in [0.25, 0.3) is 0 Å². The van der Waals surface area contributed by atoms with Crippen molar-refractivity contribution in [3.8, 4) is 0 Å². The molecule has 0 bridgehead atoms. The third kappa shape index (κ3) is 3.60. The first-order chi connectivity index (χ1) is 8.65. The topological polar surface area (TPSA) is 103 Å². The molecular formula is C12H22N4O2. The second-order valence-corrected chi connectivity index (χ2v) is 5.13. The standard InChI is InChI=1S/C12H22N4O2/c13-11(17)10-5-4-9(18-10)7-16-12(14)15-6-8-2-1-3-8/h8-10H,1-7H2,(H2,13,17)(H3,14,15,16). The van der Waals surface area contributed by atoms with Gasteiger partial charge in [-0.25, -0.2) is 0 Å². The molecule has 6 heteroatoms. The van der Waals surface area contributed by atoms with Crippen molar-refractivity contribution >= 4 is 11.9 Å². The van der Waals surface area contributed by atoms with Crippen molar-refractivity contribution in [2.24, 2.45) is 22.4 Å². The van der Waals surface area contributed by atoms with E-state index in [1.54, 1.807) is 0 Å². The molecule has 102 valence electrons. The molecule has 18 heavy (non-hydrogen) atoms. The molecule has 1 amide bonds. The molecule has 2 fully saturated rings. The molecule has 0 radical (unpaired) electrons. The Labute approximate surface area is 107 Å². The zero-order valence-corrected chi connectivity index (χ0v) is 10.6. The SMILES string of the molecule is NC(=O)C1CCC(CNC(N)=NCC2CCC2)O1. The zero-order chi connectivity index (χ0) is 13.0. The number of hydrogen-bond donors (Lipinski definition) is 3. The van der Waals surface area contributed by atoms with Crippen molar-refractivity contribution in [1.29, 1.82) is 0 Å². The van der Waals surface area contributed by atoms with E-state index in [1.165, 1.54) is 19.3 Å². The summed E-state index contributed by atoms with van der Waals surface area (Å²) >= 11 is 0. The third-order valence-electron chi connectivity index (χ3n) is 3.68. The number of hydrogen-bond acceptors (Lipinski definition) is 3. The van der Waals surface area contributed by atoms with E-state index < -0.39 is 6.10 Å². The van der Waals surface area contributed by atoms with Crippen LogP contribution in [-0.2, 0) is 9.53 Å². The van der Waals surface area contributed by atoms with Gasteiger partial charge < -0.3 is 21.5 Å². The van der Waals surface area contributed by atoms with Crippen molar-refractivity contribution in [2.75, 3.05) is 13.1 Å². The second-order valence-electron chi connectivity index (χ2n) is 5.13. The number of carbonyl (C=O) groups excluding carboxylic acids is 1. The van der Waals surface area contributed by atoms with Crippen LogP contribution in [0.4, 0.5) is 0 Å². The van der Waals surface area contributed by atoms with E-state index in [-0.39, 0.29) is 12.0 Å². The molecule has 2 atom stereocenters. The lowest BCUT2D eigenvalue weighted by molar-refractivity contribution is -0.128. The molecule has 0 aromatic heterocycles. The van der Waals surface area contributed by atoms with Crippen LogP contribution in [0.25, 0.3) is 0 Å². The number of aliphatic imine (C=N–C) groups is 1. The molecule has 1 saturated carbocycles. The number of carbonyl (C=O) groups is 1. The fourth-order valence-electron chi connectivity index (χ4n) is 2.24. The van der Waals surface area contributed by atoms with Crippen LogP contribution in [0.1, 0.15) is 32.1 Å². The summed E-state index contributed by atoms with van der Waals surface area (Å²) in [7, 11) is 0. The van der Waals surface area contributed by atoms with Gasteiger partial charge in [-0.3, -0.25) is 9.79 Å². The van der Waals surface area contributed by atoms with Gasteiger partial charge in [-0.05, 0) is 31.6 Å². The van der Waals surface area contributed by atoms with Crippen molar-refractivity contribution < 1.29 is 9.53 Å². The average molecular weight is 254 g/mol. The van der Waals surface area contributed by atoms with Crippen LogP contribution in [0.3, 0.4) is 0 Å². The predicted molar refractivity (Wildman–Crippen MR) is 68.9 cm³/mol. The Kier molecular flexibility index (Phi) is 4.41. The van der Waals surface area contributed by atoms with Gasteiger partial charge in [0.05, 0.1) is 6.10 Å². The number of nitrogens with one attached hydrogen (secondary N) is 1. The first-order valence-electron chi connectivity index (χ1n) is 6.63. The number of amides is 1. The maximum atomic E-state index is 10.9. The van der Waals surface area contributed by atoms with E-state index in [0.29, 0.717) is 24.8 Å². The van der Waals surface area contributed by atoms with Crippen LogP contribution in [0, 0.1) is 5.92 Å². The summed E-state index contributed by atoms with van der Waals surface area (Å²) in [5, 5.41) is 3.04. The van der Waals surface area contributed by atoms with E-state index >= 15 is 0 Å². The third-order valence-corrected chi connectivity index (χ3v) is 3.68. The van der Waals surface area contributed by atoms with Crippen LogP contribution >= 0.6 is 0 Å². The number of ether oxygens (including phenoxy) is 1. The Morgan fingerprint density at radius 3 is 2.61 bits per heavy atom. The molecule has 0 aromatic rings. The lowest BCUT2D eigenvalue weighted by atomic mass is 9.86. The fraction of sp³-hybridized carbons (Fsp3) is 0.833. The van der Waals surface area contributed by atoms with Crippen molar-refractivity contribution in [3.05, 3.63) is 0 Å². The van der Waals surface area contributed by atoms with E-state index in [2.05, 4.69) is 10.3 Å². The minimum atomic E-state index is -0.440. The summed E-state index contributed by atoms with van der Waals surface area (Å²) < 4.78 is 5.48. The maximum Gasteiger partial charge on any atom is 0.246 e. The second kappa shape index (κ2) is 6.04. The molecular weight excluding hydrogens is 232 g/mol. The highest BCUT2D eigenvalue weighted by Gasteiger charge is 2.28. The minimum Gasteiger partial charge on any atom is -0.370 e. The van der Waals surface area contributed by atoms with Gasteiger partial charge in [0, 0.05) is 13.1 Å². The smallest absolute Gasteiger partial charge is 0.246 e. The van der Waals surface area contributed by atoms with E-state index in [1.807, 2.05) is 0 Å². The Morgan fingerprint density at radius 1 is 1.28 bits per heavy atom. The predicted octanol–water partition coefficient (Wildman–Crippen LogP) is -0.276. The highest BCUT2D eigenvalue weighted by Crippen LogP contribution is 2.26. The Balaban J connectivity index is 1.63. The van der Waals surface area contributed by atoms with Crippen LogP contribution in [0.15, 0.2) is 4.99 Å². The molecule has 5 N–H and O–H groups in total. The number of guanidine groups is 1. The van der Waals surface area contributed by atoms with Gasteiger partial charge in [0.2, 0.25) is 5.91 Å². The van der Waals surface area contributed by atoms with Crippen molar-refractivity contribution in [2.45, 2.75) is 44.3 Å². The van der Waals surface area contributed by atoms with Gasteiger partial charge in [-0.2, -0.15) is 0 Å². The number of nitrogens with two attached hydrogens (primary N) is 2. The molecule has 2 aliphatic rings. The summed E-state index contributed by atoms with van der Waals surface area (Å²) in [4.78, 5) is 15.2. The zero-order valence-electron chi connectivity index (χ0n) is 10.6.